The van der Waals surface area contributed by atoms with E-state index in [9.17, 15) is 18.0 Å². The molecule has 0 aliphatic carbocycles. The predicted octanol–water partition coefficient (Wildman–Crippen LogP) is 3.46. The zero-order valence-corrected chi connectivity index (χ0v) is 24.1. The van der Waals surface area contributed by atoms with E-state index in [2.05, 4.69) is 5.32 Å². The van der Waals surface area contributed by atoms with Crippen molar-refractivity contribution < 1.29 is 32.2 Å². The summed E-state index contributed by atoms with van der Waals surface area (Å²) in [6, 6.07) is 18.7. The molecule has 11 heteroatoms. The number of hydrogen-bond donors (Lipinski definition) is 1. The van der Waals surface area contributed by atoms with Gasteiger partial charge in [0.25, 0.3) is 10.0 Å². The van der Waals surface area contributed by atoms with Gasteiger partial charge in [-0.3, -0.25) is 13.9 Å². The van der Waals surface area contributed by atoms with Gasteiger partial charge in [-0.2, -0.15) is 0 Å². The fourth-order valence-corrected chi connectivity index (χ4v) is 5.67. The number of nitrogens with zero attached hydrogens (tertiary/aromatic N) is 2. The van der Waals surface area contributed by atoms with E-state index < -0.39 is 28.5 Å². The zero-order chi connectivity index (χ0) is 29.3. The van der Waals surface area contributed by atoms with Crippen LogP contribution in [-0.4, -0.2) is 66.1 Å². The van der Waals surface area contributed by atoms with E-state index >= 15 is 0 Å². The van der Waals surface area contributed by atoms with Crippen molar-refractivity contribution >= 4 is 27.5 Å². The van der Waals surface area contributed by atoms with E-state index in [1.54, 1.807) is 68.6 Å². The van der Waals surface area contributed by atoms with E-state index in [0.717, 1.165) is 9.87 Å². The third kappa shape index (κ3) is 6.84. The number of hydrogen-bond acceptors (Lipinski definition) is 7. The maximum Gasteiger partial charge on any atom is 0.264 e. The van der Waals surface area contributed by atoms with E-state index in [-0.39, 0.29) is 23.0 Å². The summed E-state index contributed by atoms with van der Waals surface area (Å²) in [6.07, 6.45) is 0.323. The van der Waals surface area contributed by atoms with Crippen LogP contribution in [-0.2, 0) is 26.2 Å². The van der Waals surface area contributed by atoms with Crippen molar-refractivity contribution in [3.8, 4) is 17.2 Å². The maximum absolute atomic E-state index is 14.0. The van der Waals surface area contributed by atoms with Gasteiger partial charge in [0.15, 0.2) is 11.5 Å². The minimum absolute atomic E-state index is 0.0117. The Morgan fingerprint density at radius 1 is 0.875 bits per heavy atom. The van der Waals surface area contributed by atoms with Crippen molar-refractivity contribution in [2.75, 3.05) is 39.2 Å². The second-order valence-electron chi connectivity index (χ2n) is 8.77. The first kappa shape index (κ1) is 30.3. The average Bonchev–Trinajstić information content (AvgIpc) is 2.99. The quantitative estimate of drug-likeness (QED) is 0.335. The van der Waals surface area contributed by atoms with Crippen molar-refractivity contribution in [3.63, 3.8) is 0 Å². The highest BCUT2D eigenvalue weighted by molar-refractivity contribution is 7.92. The molecule has 0 aromatic heterocycles. The van der Waals surface area contributed by atoms with Crippen LogP contribution < -0.4 is 23.8 Å². The molecule has 0 fully saturated rings. The minimum atomic E-state index is -4.19. The van der Waals surface area contributed by atoms with Crippen LogP contribution in [0.5, 0.6) is 17.2 Å². The standard InChI is InChI=1S/C29H35N3O7S/c1-6-25(29(34)30-2)31(19-21-12-15-23(37-3)16-13-21)28(33)20-32(40(35,36)24-10-8-7-9-11-24)22-14-17-26(38-4)27(18-22)39-5/h7-18,25H,6,19-20H2,1-5H3,(H,30,34)/t25-/m0/s1. The lowest BCUT2D eigenvalue weighted by Gasteiger charge is -2.33. The number of methoxy groups -OCH3 is 3. The lowest BCUT2D eigenvalue weighted by molar-refractivity contribution is -0.140. The molecule has 3 aromatic carbocycles. The molecule has 1 N–H and O–H groups in total. The Balaban J connectivity index is 2.09. The number of sulfonamides is 1. The maximum atomic E-state index is 14.0. The Kier molecular flexibility index (Phi) is 10.4. The number of likely N-dealkylation sites (N-methyl/N-ethyl adjacent to an activating group) is 1. The number of nitrogens with one attached hydrogen (secondary N) is 1. The molecule has 0 saturated carbocycles. The predicted molar refractivity (Wildman–Crippen MR) is 152 cm³/mol. The molecule has 3 aromatic rings. The van der Waals surface area contributed by atoms with Crippen molar-refractivity contribution in [2.24, 2.45) is 0 Å². The molecule has 0 radical (unpaired) electrons. The molecule has 3 rings (SSSR count). The lowest BCUT2D eigenvalue weighted by atomic mass is 10.1. The molecule has 0 unspecified atom stereocenters. The number of carbonyl (C=O) groups excluding carboxylic acids is 2. The number of ether oxygens (including phenoxy) is 3. The van der Waals surface area contributed by atoms with Gasteiger partial charge in [0.1, 0.15) is 18.3 Å². The zero-order valence-electron chi connectivity index (χ0n) is 23.3. The van der Waals surface area contributed by atoms with Gasteiger partial charge in [0, 0.05) is 19.7 Å². The molecule has 40 heavy (non-hydrogen) atoms. The average molecular weight is 570 g/mol. The number of benzene rings is 3. The van der Waals surface area contributed by atoms with Gasteiger partial charge in [-0.15, -0.1) is 0 Å². The molecule has 214 valence electrons. The highest BCUT2D eigenvalue weighted by Crippen LogP contribution is 2.34. The normalized spacial score (nSPS) is 11.7. The Morgan fingerprint density at radius 2 is 1.52 bits per heavy atom. The van der Waals surface area contributed by atoms with Gasteiger partial charge in [-0.05, 0) is 48.4 Å². The Bertz CT molecular complexity index is 1400. The molecule has 0 spiro atoms. The van der Waals surface area contributed by atoms with Crippen LogP contribution in [0.15, 0.2) is 77.7 Å². The monoisotopic (exact) mass is 569 g/mol. The van der Waals surface area contributed by atoms with Crippen LogP contribution in [0, 0.1) is 0 Å². The summed E-state index contributed by atoms with van der Waals surface area (Å²) in [5, 5.41) is 2.61. The third-order valence-corrected chi connectivity index (χ3v) is 8.20. The highest BCUT2D eigenvalue weighted by atomic mass is 32.2. The molecule has 0 bridgehead atoms. The van der Waals surface area contributed by atoms with Gasteiger partial charge in [-0.1, -0.05) is 37.3 Å². The third-order valence-electron chi connectivity index (χ3n) is 6.41. The largest absolute Gasteiger partial charge is 0.497 e. The van der Waals surface area contributed by atoms with Gasteiger partial charge in [0.2, 0.25) is 11.8 Å². The molecule has 0 heterocycles. The van der Waals surface area contributed by atoms with E-state index in [4.69, 9.17) is 14.2 Å². The molecule has 1 atom stereocenters. The number of anilines is 1. The summed E-state index contributed by atoms with van der Waals surface area (Å²) in [5.74, 6) is 0.441. The van der Waals surface area contributed by atoms with E-state index in [1.165, 1.54) is 44.4 Å². The number of amides is 2. The van der Waals surface area contributed by atoms with Crippen LogP contribution in [0.25, 0.3) is 0 Å². The molecule has 2 amide bonds. The minimum Gasteiger partial charge on any atom is -0.497 e. The fraction of sp³-hybridized carbons (Fsp3) is 0.310. The molecular formula is C29H35N3O7S. The van der Waals surface area contributed by atoms with Crippen LogP contribution in [0.2, 0.25) is 0 Å². The van der Waals surface area contributed by atoms with Crippen LogP contribution in [0.1, 0.15) is 18.9 Å². The second-order valence-corrected chi connectivity index (χ2v) is 10.6. The Hall–Kier alpha value is -4.25. The number of rotatable bonds is 13. The topological polar surface area (TPSA) is 114 Å². The first-order chi connectivity index (χ1) is 19.2. The van der Waals surface area contributed by atoms with Gasteiger partial charge >= 0.3 is 0 Å². The van der Waals surface area contributed by atoms with E-state index in [1.807, 2.05) is 0 Å². The van der Waals surface area contributed by atoms with Gasteiger partial charge in [-0.25, -0.2) is 8.42 Å². The summed E-state index contributed by atoms with van der Waals surface area (Å²) < 4.78 is 44.7. The summed E-state index contributed by atoms with van der Waals surface area (Å²) >= 11 is 0. The summed E-state index contributed by atoms with van der Waals surface area (Å²) in [5.41, 5.74) is 0.951. The van der Waals surface area contributed by atoms with Crippen molar-refractivity contribution in [1.82, 2.24) is 10.2 Å². The SMILES string of the molecule is CC[C@@H](C(=O)NC)N(Cc1ccc(OC)cc1)C(=O)CN(c1ccc(OC)c(OC)c1)S(=O)(=O)c1ccccc1. The highest BCUT2D eigenvalue weighted by Gasteiger charge is 2.33. The molecule has 10 nitrogen and oxygen atoms in total. The molecular weight excluding hydrogens is 534 g/mol. The van der Waals surface area contributed by atoms with Gasteiger partial charge in [0.05, 0.1) is 31.9 Å². The Morgan fingerprint density at radius 3 is 2.08 bits per heavy atom. The number of carbonyl (C=O) groups is 2. The molecule has 0 aliphatic heterocycles. The first-order valence-corrected chi connectivity index (χ1v) is 14.1. The summed E-state index contributed by atoms with van der Waals surface area (Å²) in [4.78, 5) is 28.2. The molecule has 0 aliphatic rings. The van der Waals surface area contributed by atoms with Crippen molar-refractivity contribution in [3.05, 3.63) is 78.4 Å². The van der Waals surface area contributed by atoms with Crippen molar-refractivity contribution in [1.29, 1.82) is 0 Å². The van der Waals surface area contributed by atoms with Crippen molar-refractivity contribution in [2.45, 2.75) is 30.8 Å². The summed E-state index contributed by atoms with van der Waals surface area (Å²) in [7, 11) is 1.77. The molecule has 0 saturated heterocycles. The van der Waals surface area contributed by atoms with Crippen LogP contribution in [0.4, 0.5) is 5.69 Å². The summed E-state index contributed by atoms with van der Waals surface area (Å²) in [6.45, 7) is 1.32. The first-order valence-electron chi connectivity index (χ1n) is 12.6. The lowest BCUT2D eigenvalue weighted by Crippen LogP contribution is -2.51. The van der Waals surface area contributed by atoms with Crippen LogP contribution in [0.3, 0.4) is 0 Å². The Labute approximate surface area is 235 Å². The van der Waals surface area contributed by atoms with Gasteiger partial charge < -0.3 is 24.4 Å². The van der Waals surface area contributed by atoms with Crippen LogP contribution >= 0.6 is 0 Å². The fourth-order valence-electron chi connectivity index (χ4n) is 4.24. The van der Waals surface area contributed by atoms with E-state index in [0.29, 0.717) is 23.7 Å². The smallest absolute Gasteiger partial charge is 0.264 e. The second kappa shape index (κ2) is 13.7.